The standard InChI is InChI=1S/C17H23N5OS/c23-17(19-9-7-15-5-3-11-24-15)13-18-12-14-4-2-10-22(14)16-6-1-8-20-21-16/h1,3,5-6,8,11,14,18H,2,4,7,9-10,12-13H2,(H,19,23)/t14-/m1/s1. The predicted molar refractivity (Wildman–Crippen MR) is 96.3 cm³/mol. The molecule has 1 aliphatic rings. The molecule has 1 atom stereocenters. The number of amides is 1. The van der Waals surface area contributed by atoms with Gasteiger partial charge in [0.15, 0.2) is 5.82 Å². The lowest BCUT2D eigenvalue weighted by atomic mass is 10.2. The molecule has 2 aromatic heterocycles. The van der Waals surface area contributed by atoms with Crippen LogP contribution in [0, 0.1) is 0 Å². The number of thiophene rings is 1. The SMILES string of the molecule is O=C(CNC[C@H]1CCCN1c1cccnn1)NCCc1cccs1. The maximum atomic E-state index is 11.9. The first-order valence-electron chi connectivity index (χ1n) is 8.37. The minimum absolute atomic E-state index is 0.0515. The van der Waals surface area contributed by atoms with Crippen molar-refractivity contribution in [3.05, 3.63) is 40.7 Å². The first kappa shape index (κ1) is 16.9. The van der Waals surface area contributed by atoms with Crippen molar-refractivity contribution < 1.29 is 4.79 Å². The molecular formula is C17H23N5OS. The van der Waals surface area contributed by atoms with Crippen molar-refractivity contribution in [2.24, 2.45) is 0 Å². The maximum absolute atomic E-state index is 11.9. The highest BCUT2D eigenvalue weighted by atomic mass is 32.1. The van der Waals surface area contributed by atoms with Gasteiger partial charge < -0.3 is 15.5 Å². The summed E-state index contributed by atoms with van der Waals surface area (Å²) in [6.07, 6.45) is 4.85. The fourth-order valence-electron chi connectivity index (χ4n) is 2.99. The quantitative estimate of drug-likeness (QED) is 0.758. The van der Waals surface area contributed by atoms with E-state index in [4.69, 9.17) is 0 Å². The predicted octanol–water partition coefficient (Wildman–Crippen LogP) is 1.46. The lowest BCUT2D eigenvalue weighted by Crippen LogP contribution is -2.42. The smallest absolute Gasteiger partial charge is 0.233 e. The van der Waals surface area contributed by atoms with E-state index < -0.39 is 0 Å². The molecule has 2 aromatic rings. The van der Waals surface area contributed by atoms with Crippen LogP contribution in [0.3, 0.4) is 0 Å². The number of hydrogen-bond donors (Lipinski definition) is 2. The zero-order valence-electron chi connectivity index (χ0n) is 13.6. The van der Waals surface area contributed by atoms with Gasteiger partial charge in [0.25, 0.3) is 0 Å². The molecule has 0 bridgehead atoms. The molecule has 2 N–H and O–H groups in total. The van der Waals surface area contributed by atoms with Crippen molar-refractivity contribution >= 4 is 23.1 Å². The number of carbonyl (C=O) groups excluding carboxylic acids is 1. The second-order valence-electron chi connectivity index (χ2n) is 5.88. The van der Waals surface area contributed by atoms with Gasteiger partial charge >= 0.3 is 0 Å². The third-order valence-electron chi connectivity index (χ3n) is 4.17. The number of aromatic nitrogens is 2. The van der Waals surface area contributed by atoms with E-state index in [1.54, 1.807) is 17.5 Å². The van der Waals surface area contributed by atoms with Crippen LogP contribution in [0.2, 0.25) is 0 Å². The number of nitrogens with one attached hydrogen (secondary N) is 2. The molecule has 24 heavy (non-hydrogen) atoms. The summed E-state index contributed by atoms with van der Waals surface area (Å²) in [6.45, 7) is 2.83. The monoisotopic (exact) mass is 345 g/mol. The van der Waals surface area contributed by atoms with Crippen LogP contribution in [0.4, 0.5) is 5.82 Å². The number of anilines is 1. The first-order chi connectivity index (χ1) is 11.8. The van der Waals surface area contributed by atoms with Gasteiger partial charge in [0.1, 0.15) is 0 Å². The van der Waals surface area contributed by atoms with Crippen molar-refractivity contribution in [1.82, 2.24) is 20.8 Å². The van der Waals surface area contributed by atoms with Gasteiger partial charge in [-0.1, -0.05) is 6.07 Å². The Morgan fingerprint density at radius 3 is 3.12 bits per heavy atom. The molecule has 0 saturated carbocycles. The molecule has 3 rings (SSSR count). The fraction of sp³-hybridized carbons (Fsp3) is 0.471. The first-order valence-corrected chi connectivity index (χ1v) is 9.25. The van der Waals surface area contributed by atoms with Crippen LogP contribution in [0.5, 0.6) is 0 Å². The zero-order valence-corrected chi connectivity index (χ0v) is 14.5. The summed E-state index contributed by atoms with van der Waals surface area (Å²) in [5.41, 5.74) is 0. The highest BCUT2D eigenvalue weighted by Crippen LogP contribution is 2.22. The topological polar surface area (TPSA) is 70.2 Å². The Labute approximate surface area is 146 Å². The third kappa shape index (κ3) is 4.75. The van der Waals surface area contributed by atoms with Crippen LogP contribution >= 0.6 is 11.3 Å². The van der Waals surface area contributed by atoms with Crippen LogP contribution in [0.15, 0.2) is 35.8 Å². The summed E-state index contributed by atoms with van der Waals surface area (Å²) in [6, 6.07) is 8.40. The van der Waals surface area contributed by atoms with Gasteiger partial charge in [0.2, 0.25) is 5.91 Å². The second-order valence-corrected chi connectivity index (χ2v) is 6.91. The molecule has 0 unspecified atom stereocenters. The molecule has 1 amide bonds. The molecular weight excluding hydrogens is 322 g/mol. The summed E-state index contributed by atoms with van der Waals surface area (Å²) in [5, 5.41) is 16.4. The van der Waals surface area contributed by atoms with Crippen LogP contribution in [-0.2, 0) is 11.2 Å². The molecule has 1 fully saturated rings. The summed E-state index contributed by atoms with van der Waals surface area (Å²) < 4.78 is 0. The van der Waals surface area contributed by atoms with Crippen molar-refractivity contribution in [1.29, 1.82) is 0 Å². The minimum Gasteiger partial charge on any atom is -0.355 e. The Morgan fingerprint density at radius 2 is 2.33 bits per heavy atom. The van der Waals surface area contributed by atoms with E-state index in [0.29, 0.717) is 19.1 Å². The van der Waals surface area contributed by atoms with Gasteiger partial charge in [-0.05, 0) is 42.8 Å². The number of hydrogen-bond acceptors (Lipinski definition) is 6. The molecule has 0 aliphatic carbocycles. The number of carbonyl (C=O) groups is 1. The Kier molecular flexibility index (Phi) is 6.14. The van der Waals surface area contributed by atoms with Gasteiger partial charge in [-0.2, -0.15) is 5.10 Å². The summed E-state index contributed by atoms with van der Waals surface area (Å²) in [4.78, 5) is 15.5. The van der Waals surface area contributed by atoms with Gasteiger partial charge in [-0.25, -0.2) is 0 Å². The van der Waals surface area contributed by atoms with Crippen LogP contribution in [0.1, 0.15) is 17.7 Å². The normalized spacial score (nSPS) is 17.2. The second kappa shape index (κ2) is 8.75. The molecule has 0 aromatic carbocycles. The summed E-state index contributed by atoms with van der Waals surface area (Å²) >= 11 is 1.72. The van der Waals surface area contributed by atoms with E-state index in [1.807, 2.05) is 18.2 Å². The summed E-state index contributed by atoms with van der Waals surface area (Å²) in [7, 11) is 0. The van der Waals surface area contributed by atoms with Crippen LogP contribution in [-0.4, -0.2) is 48.3 Å². The average Bonchev–Trinajstić information content (AvgIpc) is 3.27. The lowest BCUT2D eigenvalue weighted by molar-refractivity contribution is -0.120. The van der Waals surface area contributed by atoms with Crippen molar-refractivity contribution in [3.63, 3.8) is 0 Å². The minimum atomic E-state index is 0.0515. The lowest BCUT2D eigenvalue weighted by Gasteiger charge is -2.25. The van der Waals surface area contributed by atoms with Crippen LogP contribution < -0.4 is 15.5 Å². The molecule has 1 aliphatic heterocycles. The van der Waals surface area contributed by atoms with Gasteiger partial charge in [0, 0.05) is 36.8 Å². The summed E-state index contributed by atoms with van der Waals surface area (Å²) in [5.74, 6) is 0.970. The number of rotatable bonds is 8. The van der Waals surface area contributed by atoms with E-state index in [1.165, 1.54) is 4.88 Å². The van der Waals surface area contributed by atoms with Crippen molar-refractivity contribution in [3.8, 4) is 0 Å². The highest BCUT2D eigenvalue weighted by molar-refractivity contribution is 7.09. The van der Waals surface area contributed by atoms with Gasteiger partial charge in [-0.3, -0.25) is 4.79 Å². The van der Waals surface area contributed by atoms with Crippen molar-refractivity contribution in [2.75, 3.05) is 31.1 Å². The molecule has 0 spiro atoms. The maximum Gasteiger partial charge on any atom is 0.233 e. The van der Waals surface area contributed by atoms with E-state index in [0.717, 1.165) is 38.2 Å². The molecule has 1 saturated heterocycles. The molecule has 7 heteroatoms. The number of nitrogens with zero attached hydrogens (tertiary/aromatic N) is 3. The van der Waals surface area contributed by atoms with E-state index in [2.05, 4.69) is 37.2 Å². The molecule has 3 heterocycles. The zero-order chi connectivity index (χ0) is 16.6. The van der Waals surface area contributed by atoms with E-state index in [9.17, 15) is 4.79 Å². The van der Waals surface area contributed by atoms with Crippen molar-refractivity contribution in [2.45, 2.75) is 25.3 Å². The highest BCUT2D eigenvalue weighted by Gasteiger charge is 2.25. The molecule has 0 radical (unpaired) electrons. The average molecular weight is 345 g/mol. The Balaban J connectivity index is 1.35. The largest absolute Gasteiger partial charge is 0.355 e. The fourth-order valence-corrected chi connectivity index (χ4v) is 3.70. The third-order valence-corrected chi connectivity index (χ3v) is 5.10. The Morgan fingerprint density at radius 1 is 1.38 bits per heavy atom. The Hall–Kier alpha value is -1.99. The van der Waals surface area contributed by atoms with E-state index in [-0.39, 0.29) is 5.91 Å². The van der Waals surface area contributed by atoms with Gasteiger partial charge in [0.05, 0.1) is 6.54 Å². The molecule has 128 valence electrons. The molecule has 6 nitrogen and oxygen atoms in total. The van der Waals surface area contributed by atoms with E-state index >= 15 is 0 Å². The van der Waals surface area contributed by atoms with Crippen LogP contribution in [0.25, 0.3) is 0 Å². The van der Waals surface area contributed by atoms with Gasteiger partial charge in [-0.15, -0.1) is 16.4 Å². The Bertz CT molecular complexity index is 619.